The van der Waals surface area contributed by atoms with Crippen LogP contribution >= 0.6 is 0 Å². The molecular weight excluding hydrogens is 326 g/mol. The van der Waals surface area contributed by atoms with E-state index in [0.717, 1.165) is 0 Å². The van der Waals surface area contributed by atoms with Crippen molar-refractivity contribution >= 4 is 17.4 Å². The van der Waals surface area contributed by atoms with Gasteiger partial charge < -0.3 is 30.0 Å². The number of aromatic nitrogens is 1. The first kappa shape index (κ1) is 18.3. The molecule has 0 fully saturated rings. The van der Waals surface area contributed by atoms with E-state index in [0.29, 0.717) is 40.9 Å². The third-order valence-electron chi connectivity index (χ3n) is 3.37. The maximum absolute atomic E-state index is 12.5. The Labute approximate surface area is 145 Å². The maximum Gasteiger partial charge on any atom is 0.255 e. The molecule has 1 amide bonds. The molecule has 0 saturated heterocycles. The van der Waals surface area contributed by atoms with Crippen LogP contribution in [0.25, 0.3) is 0 Å². The Morgan fingerprint density at radius 3 is 2.28 bits per heavy atom. The number of hydrogen-bond acceptors (Lipinski definition) is 7. The van der Waals surface area contributed by atoms with Crippen LogP contribution in [-0.4, -0.2) is 50.5 Å². The molecule has 0 aliphatic heterocycles. The van der Waals surface area contributed by atoms with Crippen LogP contribution in [0.5, 0.6) is 17.2 Å². The fraction of sp³-hybridized carbons (Fsp3) is 0.294. The summed E-state index contributed by atoms with van der Waals surface area (Å²) in [4.78, 5) is 16.6. The van der Waals surface area contributed by atoms with E-state index >= 15 is 0 Å². The third kappa shape index (κ3) is 4.51. The van der Waals surface area contributed by atoms with Gasteiger partial charge in [0.1, 0.15) is 5.82 Å². The molecule has 2 aromatic rings. The monoisotopic (exact) mass is 347 g/mol. The van der Waals surface area contributed by atoms with Gasteiger partial charge in [0, 0.05) is 12.1 Å². The summed E-state index contributed by atoms with van der Waals surface area (Å²) >= 11 is 0. The summed E-state index contributed by atoms with van der Waals surface area (Å²) in [6.07, 6.45) is 1.52. The number of aliphatic hydroxyl groups is 1. The van der Waals surface area contributed by atoms with Crippen molar-refractivity contribution in [3.05, 3.63) is 36.0 Å². The van der Waals surface area contributed by atoms with E-state index < -0.39 is 0 Å². The molecular formula is C17H21N3O5. The zero-order chi connectivity index (χ0) is 18.2. The molecule has 0 saturated carbocycles. The summed E-state index contributed by atoms with van der Waals surface area (Å²) in [5.74, 6) is 1.49. The number of methoxy groups -OCH3 is 3. The lowest BCUT2D eigenvalue weighted by molar-refractivity contribution is 0.102. The van der Waals surface area contributed by atoms with Gasteiger partial charge in [-0.3, -0.25) is 4.79 Å². The summed E-state index contributed by atoms with van der Waals surface area (Å²) in [7, 11) is 4.47. The number of nitrogens with zero attached hydrogens (tertiary/aromatic N) is 1. The van der Waals surface area contributed by atoms with Crippen molar-refractivity contribution < 1.29 is 24.1 Å². The normalized spacial score (nSPS) is 10.1. The molecule has 0 aliphatic rings. The Morgan fingerprint density at radius 1 is 1.12 bits per heavy atom. The lowest BCUT2D eigenvalue weighted by atomic mass is 10.1. The number of aliphatic hydroxyl groups excluding tert-OH is 1. The average molecular weight is 347 g/mol. The number of nitrogens with one attached hydrogen (secondary N) is 2. The smallest absolute Gasteiger partial charge is 0.255 e. The molecule has 1 heterocycles. The first-order chi connectivity index (χ1) is 12.1. The highest BCUT2D eigenvalue weighted by atomic mass is 16.5. The Hall–Kier alpha value is -3.00. The van der Waals surface area contributed by atoms with Crippen LogP contribution in [0.4, 0.5) is 11.5 Å². The van der Waals surface area contributed by atoms with Gasteiger partial charge in [-0.1, -0.05) is 0 Å². The Morgan fingerprint density at radius 2 is 1.80 bits per heavy atom. The molecule has 134 valence electrons. The summed E-state index contributed by atoms with van der Waals surface area (Å²) < 4.78 is 15.7. The van der Waals surface area contributed by atoms with E-state index in [1.165, 1.54) is 27.5 Å². The predicted molar refractivity (Wildman–Crippen MR) is 93.9 cm³/mol. The maximum atomic E-state index is 12.5. The third-order valence-corrected chi connectivity index (χ3v) is 3.37. The van der Waals surface area contributed by atoms with E-state index in [4.69, 9.17) is 19.3 Å². The SMILES string of the molecule is COc1cc(C(=O)Nc2ccc(NCCO)nc2)cc(OC)c1OC. The number of rotatable bonds is 8. The molecule has 0 spiro atoms. The fourth-order valence-electron chi connectivity index (χ4n) is 2.17. The van der Waals surface area contributed by atoms with Gasteiger partial charge in [-0.15, -0.1) is 0 Å². The van der Waals surface area contributed by atoms with Crippen molar-refractivity contribution in [1.29, 1.82) is 0 Å². The highest BCUT2D eigenvalue weighted by molar-refractivity contribution is 6.05. The minimum Gasteiger partial charge on any atom is -0.493 e. The van der Waals surface area contributed by atoms with Crippen LogP contribution in [-0.2, 0) is 0 Å². The van der Waals surface area contributed by atoms with E-state index in [2.05, 4.69) is 15.6 Å². The van der Waals surface area contributed by atoms with E-state index in [1.54, 1.807) is 24.3 Å². The summed E-state index contributed by atoms with van der Waals surface area (Å²) in [5.41, 5.74) is 0.894. The summed E-state index contributed by atoms with van der Waals surface area (Å²) in [6, 6.07) is 6.56. The molecule has 0 bridgehead atoms. The van der Waals surface area contributed by atoms with Crippen molar-refractivity contribution in [2.45, 2.75) is 0 Å². The van der Waals surface area contributed by atoms with E-state index in [-0.39, 0.29) is 12.5 Å². The molecule has 1 aromatic carbocycles. The zero-order valence-electron chi connectivity index (χ0n) is 14.3. The summed E-state index contributed by atoms with van der Waals surface area (Å²) in [5, 5.41) is 14.5. The topological polar surface area (TPSA) is 102 Å². The molecule has 2 rings (SSSR count). The van der Waals surface area contributed by atoms with Crippen molar-refractivity contribution in [2.75, 3.05) is 45.1 Å². The average Bonchev–Trinajstić information content (AvgIpc) is 2.66. The standard InChI is InChI=1S/C17H21N3O5/c1-23-13-8-11(9-14(24-2)16(13)25-3)17(22)20-12-4-5-15(19-10-12)18-6-7-21/h4-5,8-10,21H,6-7H2,1-3H3,(H,18,19)(H,20,22). The van der Waals surface area contributed by atoms with Crippen molar-refractivity contribution in [1.82, 2.24) is 4.98 Å². The number of carbonyl (C=O) groups excluding carboxylic acids is 1. The second-order valence-corrected chi connectivity index (χ2v) is 4.95. The number of ether oxygens (including phenoxy) is 3. The molecule has 8 heteroatoms. The predicted octanol–water partition coefficient (Wildman–Crippen LogP) is 1.76. The van der Waals surface area contributed by atoms with Gasteiger partial charge >= 0.3 is 0 Å². The van der Waals surface area contributed by atoms with Crippen LogP contribution in [0.2, 0.25) is 0 Å². The van der Waals surface area contributed by atoms with Crippen molar-refractivity contribution in [3.8, 4) is 17.2 Å². The first-order valence-electron chi connectivity index (χ1n) is 7.55. The van der Waals surface area contributed by atoms with E-state index in [9.17, 15) is 4.79 Å². The van der Waals surface area contributed by atoms with Gasteiger partial charge in [-0.25, -0.2) is 4.98 Å². The molecule has 0 unspecified atom stereocenters. The van der Waals surface area contributed by atoms with Crippen LogP contribution in [0, 0.1) is 0 Å². The van der Waals surface area contributed by atoms with Gasteiger partial charge in [0.15, 0.2) is 11.5 Å². The number of benzene rings is 1. The second-order valence-electron chi connectivity index (χ2n) is 4.95. The lowest BCUT2D eigenvalue weighted by Gasteiger charge is -2.14. The lowest BCUT2D eigenvalue weighted by Crippen LogP contribution is -2.13. The minimum absolute atomic E-state index is 0.0152. The quantitative estimate of drug-likeness (QED) is 0.669. The molecule has 3 N–H and O–H groups in total. The van der Waals surface area contributed by atoms with Gasteiger partial charge in [-0.05, 0) is 24.3 Å². The van der Waals surface area contributed by atoms with Gasteiger partial charge in [0.25, 0.3) is 5.91 Å². The molecule has 8 nitrogen and oxygen atoms in total. The Bertz CT molecular complexity index is 694. The molecule has 0 atom stereocenters. The highest BCUT2D eigenvalue weighted by Crippen LogP contribution is 2.38. The van der Waals surface area contributed by atoms with Gasteiger partial charge in [-0.2, -0.15) is 0 Å². The largest absolute Gasteiger partial charge is 0.493 e. The van der Waals surface area contributed by atoms with Gasteiger partial charge in [0.05, 0.1) is 39.8 Å². The number of anilines is 2. The van der Waals surface area contributed by atoms with Crippen LogP contribution < -0.4 is 24.8 Å². The van der Waals surface area contributed by atoms with Crippen LogP contribution in [0.1, 0.15) is 10.4 Å². The Kier molecular flexibility index (Phi) is 6.41. The minimum atomic E-state index is -0.336. The van der Waals surface area contributed by atoms with Crippen molar-refractivity contribution in [2.24, 2.45) is 0 Å². The highest BCUT2D eigenvalue weighted by Gasteiger charge is 2.17. The summed E-state index contributed by atoms with van der Waals surface area (Å²) in [6.45, 7) is 0.422. The number of carbonyl (C=O) groups is 1. The molecule has 0 radical (unpaired) electrons. The number of amides is 1. The first-order valence-corrected chi connectivity index (χ1v) is 7.55. The second kappa shape index (κ2) is 8.74. The molecule has 0 aliphatic carbocycles. The molecule has 25 heavy (non-hydrogen) atoms. The van der Waals surface area contributed by atoms with Crippen LogP contribution in [0.15, 0.2) is 30.5 Å². The number of pyridine rings is 1. The van der Waals surface area contributed by atoms with Crippen molar-refractivity contribution in [3.63, 3.8) is 0 Å². The van der Waals surface area contributed by atoms with Gasteiger partial charge in [0.2, 0.25) is 5.75 Å². The Balaban J connectivity index is 2.17. The van der Waals surface area contributed by atoms with Crippen LogP contribution in [0.3, 0.4) is 0 Å². The van der Waals surface area contributed by atoms with E-state index in [1.807, 2.05) is 0 Å². The zero-order valence-corrected chi connectivity index (χ0v) is 14.3. The fourth-order valence-corrected chi connectivity index (χ4v) is 2.17. The molecule has 1 aromatic heterocycles. The number of hydrogen-bond donors (Lipinski definition) is 3.